The lowest BCUT2D eigenvalue weighted by atomic mass is 9.99. The molecule has 0 bridgehead atoms. The highest BCUT2D eigenvalue weighted by Crippen LogP contribution is 2.33. The van der Waals surface area contributed by atoms with Crippen molar-refractivity contribution in [1.82, 2.24) is 9.80 Å². The highest BCUT2D eigenvalue weighted by molar-refractivity contribution is 5.80. The maximum Gasteiger partial charge on any atom is 0.321 e. The number of amides is 2. The van der Waals surface area contributed by atoms with E-state index in [0.717, 1.165) is 6.54 Å². The maximum atomic E-state index is 13.0. The van der Waals surface area contributed by atoms with E-state index in [9.17, 15) is 4.79 Å². The maximum absolute atomic E-state index is 13.0. The molecule has 1 unspecified atom stereocenters. The topological polar surface area (TPSA) is 23.6 Å². The molecule has 1 saturated heterocycles. The summed E-state index contributed by atoms with van der Waals surface area (Å²) in [6, 6.07) is 10.6. The van der Waals surface area contributed by atoms with Crippen LogP contribution < -0.4 is 0 Å². The van der Waals surface area contributed by atoms with E-state index in [1.54, 1.807) is 0 Å². The zero-order chi connectivity index (χ0) is 17.4. The Bertz CT molecular complexity index is 590. The van der Waals surface area contributed by atoms with E-state index in [1.807, 2.05) is 28.0 Å². The van der Waals surface area contributed by atoms with Crippen molar-refractivity contribution in [1.29, 1.82) is 0 Å². The fourth-order valence-corrected chi connectivity index (χ4v) is 3.17. The second kappa shape index (κ2) is 6.03. The Labute approximate surface area is 141 Å². The predicted octanol–water partition coefficient (Wildman–Crippen LogP) is 4.79. The summed E-state index contributed by atoms with van der Waals surface area (Å²) in [5, 5.41) is 0. The molecule has 1 atom stereocenters. The smallest absolute Gasteiger partial charge is 0.317 e. The minimum Gasteiger partial charge on any atom is -0.317 e. The largest absolute Gasteiger partial charge is 0.321 e. The first-order valence-electron chi connectivity index (χ1n) is 8.36. The van der Waals surface area contributed by atoms with Gasteiger partial charge < -0.3 is 9.80 Å². The molecule has 0 saturated carbocycles. The van der Waals surface area contributed by atoms with E-state index in [2.05, 4.69) is 66.7 Å². The van der Waals surface area contributed by atoms with E-state index in [0.29, 0.717) is 0 Å². The molecule has 0 radical (unpaired) electrons. The van der Waals surface area contributed by atoms with Crippen LogP contribution in [0.4, 0.5) is 4.79 Å². The molecule has 126 valence electrons. The number of nitrogens with zero attached hydrogens (tertiary/aromatic N) is 2. The van der Waals surface area contributed by atoms with Crippen molar-refractivity contribution in [2.75, 3.05) is 6.54 Å². The van der Waals surface area contributed by atoms with Gasteiger partial charge in [-0.3, -0.25) is 0 Å². The Hall–Kier alpha value is -1.77. The van der Waals surface area contributed by atoms with Gasteiger partial charge in [-0.15, -0.1) is 0 Å². The molecule has 1 aromatic rings. The van der Waals surface area contributed by atoms with Crippen LogP contribution in [0.1, 0.15) is 54.0 Å². The second-order valence-electron chi connectivity index (χ2n) is 8.42. The number of hydrogen-bond donors (Lipinski definition) is 0. The molecule has 1 fully saturated rings. The number of hydrogen-bond acceptors (Lipinski definition) is 1. The molecule has 3 nitrogen and oxygen atoms in total. The third-order valence-electron chi connectivity index (χ3n) is 4.36. The normalized spacial score (nSPS) is 20.4. The minimum absolute atomic E-state index is 0.113. The second-order valence-corrected chi connectivity index (χ2v) is 8.42. The van der Waals surface area contributed by atoms with Crippen molar-refractivity contribution >= 4 is 12.1 Å². The Morgan fingerprint density at radius 3 is 2.09 bits per heavy atom. The first-order valence-corrected chi connectivity index (χ1v) is 8.36. The van der Waals surface area contributed by atoms with Gasteiger partial charge in [0, 0.05) is 17.6 Å². The quantitative estimate of drug-likeness (QED) is 0.769. The summed E-state index contributed by atoms with van der Waals surface area (Å²) < 4.78 is 0. The first-order chi connectivity index (χ1) is 10.5. The monoisotopic (exact) mass is 314 g/mol. The molecule has 2 amide bonds. The zero-order valence-electron chi connectivity index (χ0n) is 15.6. The standard InChI is InChI=1S/C20H30N2O/c1-15(13-16-11-9-8-10-12-16)17-14-21(19(2,3)4)18(23)22(17)20(5,6)7/h8-13,17H,14H2,1-7H3/b15-13-. The summed E-state index contributed by atoms with van der Waals surface area (Å²) in [7, 11) is 0. The summed E-state index contributed by atoms with van der Waals surface area (Å²) in [5.74, 6) is 0. The van der Waals surface area contributed by atoms with E-state index in [4.69, 9.17) is 0 Å². The molecule has 0 aromatic heterocycles. The summed E-state index contributed by atoms with van der Waals surface area (Å²) >= 11 is 0. The predicted molar refractivity (Wildman–Crippen MR) is 97.3 cm³/mol. The van der Waals surface area contributed by atoms with Gasteiger partial charge in [0.15, 0.2) is 0 Å². The summed E-state index contributed by atoms with van der Waals surface area (Å²) in [4.78, 5) is 17.0. The van der Waals surface area contributed by atoms with Crippen molar-refractivity contribution in [3.63, 3.8) is 0 Å². The lowest BCUT2D eigenvalue weighted by molar-refractivity contribution is 0.127. The molecule has 1 heterocycles. The highest BCUT2D eigenvalue weighted by atomic mass is 16.2. The summed E-state index contributed by atoms with van der Waals surface area (Å²) in [6.45, 7) is 15.5. The molecule has 2 rings (SSSR count). The number of carbonyl (C=O) groups is 1. The first kappa shape index (κ1) is 17.6. The molecule has 0 N–H and O–H groups in total. The Kier molecular flexibility index (Phi) is 4.61. The zero-order valence-corrected chi connectivity index (χ0v) is 15.6. The van der Waals surface area contributed by atoms with Crippen LogP contribution in [0.5, 0.6) is 0 Å². The van der Waals surface area contributed by atoms with Crippen LogP contribution in [0, 0.1) is 0 Å². The molecule has 0 aliphatic carbocycles. The van der Waals surface area contributed by atoms with Gasteiger partial charge in [-0.2, -0.15) is 0 Å². The average molecular weight is 314 g/mol. The summed E-state index contributed by atoms with van der Waals surface area (Å²) in [5.41, 5.74) is 2.04. The molecule has 1 aliphatic heterocycles. The van der Waals surface area contributed by atoms with Crippen molar-refractivity contribution in [2.24, 2.45) is 0 Å². The Morgan fingerprint density at radius 1 is 1.04 bits per heavy atom. The van der Waals surface area contributed by atoms with E-state index in [1.165, 1.54) is 11.1 Å². The highest BCUT2D eigenvalue weighted by Gasteiger charge is 2.46. The van der Waals surface area contributed by atoms with Crippen LogP contribution in [0.25, 0.3) is 6.08 Å². The van der Waals surface area contributed by atoms with Gasteiger partial charge in [-0.25, -0.2) is 4.79 Å². The number of benzene rings is 1. The Balaban J connectivity index is 2.38. The molecular weight excluding hydrogens is 284 g/mol. The lowest BCUT2D eigenvalue weighted by Gasteiger charge is -2.37. The Morgan fingerprint density at radius 2 is 1.61 bits per heavy atom. The lowest BCUT2D eigenvalue weighted by Crippen LogP contribution is -2.50. The van der Waals surface area contributed by atoms with Crippen LogP contribution >= 0.6 is 0 Å². The van der Waals surface area contributed by atoms with E-state index < -0.39 is 0 Å². The molecular formula is C20H30N2O. The van der Waals surface area contributed by atoms with Crippen molar-refractivity contribution < 1.29 is 4.79 Å². The van der Waals surface area contributed by atoms with Crippen LogP contribution in [0.3, 0.4) is 0 Å². The SMILES string of the molecule is C/C(=C/c1ccccc1)C1CN(C(C)(C)C)C(=O)N1C(C)(C)C. The van der Waals surface area contributed by atoms with Crippen molar-refractivity contribution in [3.8, 4) is 0 Å². The number of carbonyl (C=O) groups excluding carboxylic acids is 1. The summed E-state index contributed by atoms with van der Waals surface area (Å²) in [6.07, 6.45) is 2.20. The number of rotatable bonds is 2. The van der Waals surface area contributed by atoms with Crippen LogP contribution in [-0.2, 0) is 0 Å². The van der Waals surface area contributed by atoms with E-state index in [-0.39, 0.29) is 23.2 Å². The molecule has 3 heteroatoms. The molecule has 1 aliphatic rings. The van der Waals surface area contributed by atoms with Crippen molar-refractivity contribution in [3.05, 3.63) is 41.5 Å². The van der Waals surface area contributed by atoms with E-state index >= 15 is 0 Å². The van der Waals surface area contributed by atoms with Crippen LogP contribution in [0.2, 0.25) is 0 Å². The minimum atomic E-state index is -0.201. The third-order valence-corrected chi connectivity index (χ3v) is 4.36. The van der Waals surface area contributed by atoms with Gasteiger partial charge in [0.2, 0.25) is 0 Å². The van der Waals surface area contributed by atoms with Gasteiger partial charge in [0.05, 0.1) is 6.04 Å². The molecule has 1 aromatic carbocycles. The van der Waals surface area contributed by atoms with Crippen LogP contribution in [0.15, 0.2) is 35.9 Å². The third kappa shape index (κ3) is 3.77. The van der Waals surface area contributed by atoms with Crippen molar-refractivity contribution in [2.45, 2.75) is 65.6 Å². The average Bonchev–Trinajstić information content (AvgIpc) is 2.77. The van der Waals surface area contributed by atoms with Gasteiger partial charge in [-0.05, 0) is 59.6 Å². The molecule has 0 spiro atoms. The van der Waals surface area contributed by atoms with Crippen LogP contribution in [-0.4, -0.2) is 39.5 Å². The van der Waals surface area contributed by atoms with Gasteiger partial charge >= 0.3 is 6.03 Å². The fraction of sp³-hybridized carbons (Fsp3) is 0.550. The number of urea groups is 1. The van der Waals surface area contributed by atoms with Gasteiger partial charge in [-0.1, -0.05) is 36.4 Å². The molecule has 23 heavy (non-hydrogen) atoms. The fourth-order valence-electron chi connectivity index (χ4n) is 3.17. The van der Waals surface area contributed by atoms with Gasteiger partial charge in [0.25, 0.3) is 0 Å². The van der Waals surface area contributed by atoms with Gasteiger partial charge in [0.1, 0.15) is 0 Å².